The summed E-state index contributed by atoms with van der Waals surface area (Å²) in [6.45, 7) is 1.85. The summed E-state index contributed by atoms with van der Waals surface area (Å²) in [5.41, 5.74) is 0. The summed E-state index contributed by atoms with van der Waals surface area (Å²) in [5.74, 6) is -0.497. The SMILES string of the molecule is CC=CCSC(C#N)C(=O)O. The number of carboxylic acid groups (broad SMARTS) is 1. The maximum atomic E-state index is 10.3. The van der Waals surface area contributed by atoms with E-state index in [2.05, 4.69) is 0 Å². The van der Waals surface area contributed by atoms with Gasteiger partial charge in [0.2, 0.25) is 0 Å². The molecule has 1 unspecified atom stereocenters. The van der Waals surface area contributed by atoms with Gasteiger partial charge in [-0.05, 0) is 6.92 Å². The summed E-state index contributed by atoms with van der Waals surface area (Å²) in [4.78, 5) is 10.3. The number of thioether (sulfide) groups is 1. The summed E-state index contributed by atoms with van der Waals surface area (Å²) in [6.07, 6.45) is 3.64. The van der Waals surface area contributed by atoms with Crippen molar-refractivity contribution in [1.29, 1.82) is 5.26 Å². The number of allylic oxidation sites excluding steroid dienone is 1. The van der Waals surface area contributed by atoms with Gasteiger partial charge < -0.3 is 5.11 Å². The van der Waals surface area contributed by atoms with Crippen LogP contribution in [0.2, 0.25) is 0 Å². The number of aliphatic carboxylic acids is 1. The molecule has 0 heterocycles. The predicted molar refractivity (Wildman–Crippen MR) is 44.3 cm³/mol. The first-order chi connectivity index (χ1) is 5.22. The molecular weight excluding hydrogens is 162 g/mol. The Balaban J connectivity index is 3.73. The van der Waals surface area contributed by atoms with Crippen LogP contribution in [0.15, 0.2) is 12.2 Å². The van der Waals surface area contributed by atoms with E-state index in [-0.39, 0.29) is 0 Å². The Hall–Kier alpha value is -0.950. The van der Waals surface area contributed by atoms with Crippen molar-refractivity contribution < 1.29 is 9.90 Å². The van der Waals surface area contributed by atoms with Crippen LogP contribution in [0.25, 0.3) is 0 Å². The van der Waals surface area contributed by atoms with Gasteiger partial charge in [0, 0.05) is 5.75 Å². The van der Waals surface area contributed by atoms with Crippen LogP contribution in [-0.2, 0) is 4.79 Å². The molecule has 1 N–H and O–H groups in total. The highest BCUT2D eigenvalue weighted by Crippen LogP contribution is 2.09. The summed E-state index contributed by atoms with van der Waals surface area (Å²) >= 11 is 1.11. The molecule has 0 aliphatic heterocycles. The number of rotatable bonds is 4. The van der Waals surface area contributed by atoms with Crippen molar-refractivity contribution in [2.24, 2.45) is 0 Å². The fourth-order valence-electron chi connectivity index (χ4n) is 0.412. The molecule has 0 aromatic rings. The summed E-state index contributed by atoms with van der Waals surface area (Å²) in [5, 5.41) is 15.8. The third-order valence-electron chi connectivity index (χ3n) is 0.936. The summed E-state index contributed by atoms with van der Waals surface area (Å²) in [7, 11) is 0. The molecule has 4 heteroatoms. The molecule has 0 aliphatic rings. The van der Waals surface area contributed by atoms with Crippen molar-refractivity contribution in [3.8, 4) is 6.07 Å². The zero-order valence-corrected chi connectivity index (χ0v) is 6.97. The Morgan fingerprint density at radius 1 is 1.91 bits per heavy atom. The van der Waals surface area contributed by atoms with Gasteiger partial charge in [-0.3, -0.25) is 0 Å². The fourth-order valence-corrected chi connectivity index (χ4v) is 1.12. The topological polar surface area (TPSA) is 61.1 Å². The predicted octanol–water partition coefficient (Wildman–Crippen LogP) is 1.27. The lowest BCUT2D eigenvalue weighted by atomic mass is 10.5. The molecule has 0 spiro atoms. The largest absolute Gasteiger partial charge is 0.480 e. The average Bonchev–Trinajstić information content (AvgIpc) is 1.97. The lowest BCUT2D eigenvalue weighted by Gasteiger charge is -1.98. The second-order valence-corrected chi connectivity index (χ2v) is 2.89. The maximum absolute atomic E-state index is 10.3. The van der Waals surface area contributed by atoms with Crippen molar-refractivity contribution in [3.05, 3.63) is 12.2 Å². The second kappa shape index (κ2) is 5.81. The van der Waals surface area contributed by atoms with Crippen LogP contribution >= 0.6 is 11.8 Å². The molecule has 0 bridgehead atoms. The fraction of sp³-hybridized carbons (Fsp3) is 0.429. The number of carboxylic acids is 1. The van der Waals surface area contributed by atoms with Crippen LogP contribution in [0, 0.1) is 11.3 Å². The van der Waals surface area contributed by atoms with Crippen molar-refractivity contribution >= 4 is 17.7 Å². The van der Waals surface area contributed by atoms with Gasteiger partial charge in [-0.1, -0.05) is 12.2 Å². The van der Waals surface area contributed by atoms with Gasteiger partial charge in [-0.15, -0.1) is 11.8 Å². The molecule has 0 saturated heterocycles. The Bertz CT molecular complexity index is 195. The monoisotopic (exact) mass is 171 g/mol. The third-order valence-corrected chi connectivity index (χ3v) is 1.96. The Morgan fingerprint density at radius 3 is 2.91 bits per heavy atom. The minimum atomic E-state index is -1.07. The Labute approximate surface area is 69.7 Å². The number of hydrogen-bond donors (Lipinski definition) is 1. The van der Waals surface area contributed by atoms with Crippen LogP contribution < -0.4 is 0 Å². The van der Waals surface area contributed by atoms with Gasteiger partial charge in [-0.25, -0.2) is 4.79 Å². The van der Waals surface area contributed by atoms with Crippen LogP contribution in [-0.4, -0.2) is 22.1 Å². The van der Waals surface area contributed by atoms with Crippen molar-refractivity contribution in [2.75, 3.05) is 5.75 Å². The van der Waals surface area contributed by atoms with Crippen LogP contribution in [0.3, 0.4) is 0 Å². The van der Waals surface area contributed by atoms with Gasteiger partial charge >= 0.3 is 5.97 Å². The van der Waals surface area contributed by atoms with E-state index in [4.69, 9.17) is 10.4 Å². The van der Waals surface area contributed by atoms with Gasteiger partial charge in [0.15, 0.2) is 5.25 Å². The van der Waals surface area contributed by atoms with E-state index in [0.717, 1.165) is 11.8 Å². The Morgan fingerprint density at radius 2 is 2.55 bits per heavy atom. The number of nitriles is 1. The molecule has 0 rings (SSSR count). The molecule has 0 fully saturated rings. The van der Waals surface area contributed by atoms with Crippen LogP contribution in [0.4, 0.5) is 0 Å². The molecule has 60 valence electrons. The molecule has 3 nitrogen and oxygen atoms in total. The molecule has 0 aromatic carbocycles. The van der Waals surface area contributed by atoms with E-state index >= 15 is 0 Å². The first-order valence-electron chi connectivity index (χ1n) is 3.07. The van der Waals surface area contributed by atoms with E-state index < -0.39 is 11.2 Å². The van der Waals surface area contributed by atoms with Crippen molar-refractivity contribution in [3.63, 3.8) is 0 Å². The van der Waals surface area contributed by atoms with E-state index in [1.165, 1.54) is 0 Å². The van der Waals surface area contributed by atoms with Crippen LogP contribution in [0.5, 0.6) is 0 Å². The molecule has 11 heavy (non-hydrogen) atoms. The number of carbonyl (C=O) groups is 1. The first kappa shape index (κ1) is 10.0. The van der Waals surface area contributed by atoms with Crippen LogP contribution in [0.1, 0.15) is 6.92 Å². The van der Waals surface area contributed by atoms with Gasteiger partial charge in [0.1, 0.15) is 0 Å². The molecule has 0 radical (unpaired) electrons. The quantitative estimate of drug-likeness (QED) is 0.647. The molecule has 1 atom stereocenters. The van der Waals surface area contributed by atoms with E-state index in [9.17, 15) is 4.79 Å². The van der Waals surface area contributed by atoms with E-state index in [0.29, 0.717) is 5.75 Å². The minimum absolute atomic E-state index is 0.570. The van der Waals surface area contributed by atoms with Crippen molar-refractivity contribution in [1.82, 2.24) is 0 Å². The van der Waals surface area contributed by atoms with Crippen molar-refractivity contribution in [2.45, 2.75) is 12.2 Å². The lowest BCUT2D eigenvalue weighted by molar-refractivity contribution is -0.135. The second-order valence-electron chi connectivity index (χ2n) is 1.75. The zero-order chi connectivity index (χ0) is 8.69. The standard InChI is InChI=1S/C7H9NO2S/c1-2-3-4-11-6(5-8)7(9)10/h2-3,6H,4H2,1H3,(H,9,10). The third kappa shape index (κ3) is 4.45. The summed E-state index contributed by atoms with van der Waals surface area (Å²) in [6, 6.07) is 1.69. The summed E-state index contributed by atoms with van der Waals surface area (Å²) < 4.78 is 0. The van der Waals surface area contributed by atoms with Gasteiger partial charge in [0.05, 0.1) is 6.07 Å². The van der Waals surface area contributed by atoms with E-state index in [1.807, 2.05) is 19.1 Å². The van der Waals surface area contributed by atoms with Gasteiger partial charge in [0.25, 0.3) is 0 Å². The lowest BCUT2D eigenvalue weighted by Crippen LogP contribution is -2.13. The molecule has 0 aliphatic carbocycles. The maximum Gasteiger partial charge on any atom is 0.331 e. The highest BCUT2D eigenvalue weighted by atomic mass is 32.2. The zero-order valence-electron chi connectivity index (χ0n) is 6.15. The number of nitrogens with zero attached hydrogens (tertiary/aromatic N) is 1. The highest BCUT2D eigenvalue weighted by molar-refractivity contribution is 8.00. The minimum Gasteiger partial charge on any atom is -0.480 e. The number of hydrogen-bond acceptors (Lipinski definition) is 3. The van der Waals surface area contributed by atoms with E-state index in [1.54, 1.807) is 6.07 Å². The highest BCUT2D eigenvalue weighted by Gasteiger charge is 2.14. The normalized spacial score (nSPS) is 12.7. The molecule has 0 aromatic heterocycles. The molecule has 0 amide bonds. The Kier molecular flexibility index (Phi) is 5.30. The smallest absolute Gasteiger partial charge is 0.331 e. The van der Waals surface area contributed by atoms with Gasteiger partial charge in [-0.2, -0.15) is 5.26 Å². The molecular formula is C7H9NO2S. The first-order valence-corrected chi connectivity index (χ1v) is 4.12. The average molecular weight is 171 g/mol. The molecule has 0 saturated carbocycles.